The van der Waals surface area contributed by atoms with Crippen molar-refractivity contribution in [1.82, 2.24) is 0 Å². The normalized spacial score (nSPS) is 11.9. The zero-order valence-electron chi connectivity index (χ0n) is 9.28. The van der Waals surface area contributed by atoms with Crippen molar-refractivity contribution in [1.29, 1.82) is 0 Å². The Balaban J connectivity index is 0.00000196. The molecule has 86 valence electrons. The van der Waals surface area contributed by atoms with E-state index in [1.165, 1.54) is 11.1 Å². The fourth-order valence-corrected chi connectivity index (χ4v) is 1.58. The smallest absolute Gasteiger partial charge is 0.0294 e. The molecule has 1 aromatic carbocycles. The molecule has 0 heterocycles. The summed E-state index contributed by atoms with van der Waals surface area (Å²) in [7, 11) is 0. The van der Waals surface area contributed by atoms with E-state index in [4.69, 9.17) is 11.5 Å². The summed E-state index contributed by atoms with van der Waals surface area (Å²) >= 11 is 0. The zero-order valence-corrected chi connectivity index (χ0v) is 10.1. The minimum atomic E-state index is 0. The van der Waals surface area contributed by atoms with Crippen LogP contribution in [0.15, 0.2) is 24.3 Å². The standard InChI is InChI=1S/C12H20N2.ClH/c1-10-5-4-6-11(9-10)12(14)7-2-3-8-13;/h4-6,9,12H,2-3,7-8,13-14H2,1H3;1H/t12-;/m0./s1. The maximum atomic E-state index is 6.06. The predicted octanol–water partition coefficient (Wildman–Crippen LogP) is 2.55. The Morgan fingerprint density at radius 2 is 2.00 bits per heavy atom. The van der Waals surface area contributed by atoms with Gasteiger partial charge in [-0.05, 0) is 31.9 Å². The number of hydrogen-bond acceptors (Lipinski definition) is 2. The molecule has 0 fully saturated rings. The molecule has 1 rings (SSSR count). The van der Waals surface area contributed by atoms with Gasteiger partial charge in [0.1, 0.15) is 0 Å². The van der Waals surface area contributed by atoms with Crippen molar-refractivity contribution in [3.05, 3.63) is 35.4 Å². The maximum absolute atomic E-state index is 6.06. The lowest BCUT2D eigenvalue weighted by Crippen LogP contribution is -2.11. The molecular formula is C12H21ClN2. The van der Waals surface area contributed by atoms with Gasteiger partial charge in [-0.15, -0.1) is 12.4 Å². The molecule has 0 saturated heterocycles. The van der Waals surface area contributed by atoms with Crippen LogP contribution >= 0.6 is 12.4 Å². The quantitative estimate of drug-likeness (QED) is 0.762. The Kier molecular flexibility index (Phi) is 7.39. The minimum Gasteiger partial charge on any atom is -0.330 e. The first kappa shape index (κ1) is 14.4. The molecule has 4 N–H and O–H groups in total. The van der Waals surface area contributed by atoms with Crippen LogP contribution in [0.4, 0.5) is 0 Å². The lowest BCUT2D eigenvalue weighted by Gasteiger charge is -2.12. The molecule has 15 heavy (non-hydrogen) atoms. The van der Waals surface area contributed by atoms with Gasteiger partial charge in [0.05, 0.1) is 0 Å². The highest BCUT2D eigenvalue weighted by Crippen LogP contribution is 2.17. The molecule has 0 aliphatic carbocycles. The summed E-state index contributed by atoms with van der Waals surface area (Å²) in [5.41, 5.74) is 14.0. The van der Waals surface area contributed by atoms with Crippen LogP contribution in [-0.2, 0) is 0 Å². The topological polar surface area (TPSA) is 52.0 Å². The number of nitrogens with two attached hydrogens (primary N) is 2. The Morgan fingerprint density at radius 1 is 1.27 bits per heavy atom. The number of benzene rings is 1. The maximum Gasteiger partial charge on any atom is 0.0294 e. The van der Waals surface area contributed by atoms with Crippen LogP contribution in [0.5, 0.6) is 0 Å². The Hall–Kier alpha value is -0.570. The molecule has 0 aromatic heterocycles. The summed E-state index contributed by atoms with van der Waals surface area (Å²) in [6.07, 6.45) is 3.21. The third-order valence-corrected chi connectivity index (χ3v) is 2.44. The number of aryl methyl sites for hydroxylation is 1. The summed E-state index contributed by atoms with van der Waals surface area (Å²) in [5, 5.41) is 0. The van der Waals surface area contributed by atoms with Crippen molar-refractivity contribution < 1.29 is 0 Å². The van der Waals surface area contributed by atoms with Gasteiger partial charge < -0.3 is 11.5 Å². The van der Waals surface area contributed by atoms with Crippen LogP contribution in [0.2, 0.25) is 0 Å². The lowest BCUT2D eigenvalue weighted by molar-refractivity contribution is 0.591. The molecule has 0 amide bonds. The summed E-state index contributed by atoms with van der Waals surface area (Å²) in [4.78, 5) is 0. The summed E-state index contributed by atoms with van der Waals surface area (Å²) in [6.45, 7) is 2.86. The van der Waals surface area contributed by atoms with Crippen molar-refractivity contribution in [2.75, 3.05) is 6.54 Å². The highest BCUT2D eigenvalue weighted by atomic mass is 35.5. The number of rotatable bonds is 5. The van der Waals surface area contributed by atoms with Gasteiger partial charge in [0.15, 0.2) is 0 Å². The fraction of sp³-hybridized carbons (Fsp3) is 0.500. The Morgan fingerprint density at radius 3 is 2.60 bits per heavy atom. The molecule has 0 aliphatic rings. The molecule has 0 bridgehead atoms. The van der Waals surface area contributed by atoms with Crippen LogP contribution in [0, 0.1) is 6.92 Å². The van der Waals surface area contributed by atoms with Crippen molar-refractivity contribution >= 4 is 12.4 Å². The van der Waals surface area contributed by atoms with E-state index in [0.717, 1.165) is 25.8 Å². The molecular weight excluding hydrogens is 208 g/mol. The first-order valence-electron chi connectivity index (χ1n) is 5.26. The van der Waals surface area contributed by atoms with E-state index < -0.39 is 0 Å². The van der Waals surface area contributed by atoms with Gasteiger partial charge in [0.25, 0.3) is 0 Å². The third kappa shape index (κ3) is 5.17. The second-order valence-corrected chi connectivity index (χ2v) is 3.81. The molecule has 0 radical (unpaired) electrons. The van der Waals surface area contributed by atoms with E-state index >= 15 is 0 Å². The van der Waals surface area contributed by atoms with Gasteiger partial charge in [0, 0.05) is 6.04 Å². The van der Waals surface area contributed by atoms with Gasteiger partial charge in [0.2, 0.25) is 0 Å². The second kappa shape index (κ2) is 7.69. The van der Waals surface area contributed by atoms with Crippen molar-refractivity contribution in [3.63, 3.8) is 0 Å². The van der Waals surface area contributed by atoms with Crippen LogP contribution in [0.3, 0.4) is 0 Å². The first-order chi connectivity index (χ1) is 6.74. The van der Waals surface area contributed by atoms with Crippen LogP contribution in [-0.4, -0.2) is 6.54 Å². The Labute approximate surface area is 98.5 Å². The van der Waals surface area contributed by atoms with E-state index in [9.17, 15) is 0 Å². The largest absolute Gasteiger partial charge is 0.330 e. The molecule has 0 aliphatic heterocycles. The summed E-state index contributed by atoms with van der Waals surface area (Å²) < 4.78 is 0. The first-order valence-corrected chi connectivity index (χ1v) is 5.26. The molecule has 0 unspecified atom stereocenters. The van der Waals surface area contributed by atoms with Gasteiger partial charge in [-0.1, -0.05) is 36.2 Å². The molecule has 0 saturated carbocycles. The van der Waals surface area contributed by atoms with Crippen molar-refractivity contribution in [2.24, 2.45) is 11.5 Å². The summed E-state index contributed by atoms with van der Waals surface area (Å²) in [6, 6.07) is 8.58. The molecule has 0 spiro atoms. The van der Waals surface area contributed by atoms with Gasteiger partial charge in [-0.2, -0.15) is 0 Å². The Bertz CT molecular complexity index is 276. The fourth-order valence-electron chi connectivity index (χ4n) is 1.58. The summed E-state index contributed by atoms with van der Waals surface area (Å²) in [5.74, 6) is 0. The monoisotopic (exact) mass is 228 g/mol. The van der Waals surface area contributed by atoms with E-state index in [-0.39, 0.29) is 18.4 Å². The number of halogens is 1. The van der Waals surface area contributed by atoms with Crippen molar-refractivity contribution in [3.8, 4) is 0 Å². The van der Waals surface area contributed by atoms with E-state index in [0.29, 0.717) is 0 Å². The van der Waals surface area contributed by atoms with E-state index in [1.54, 1.807) is 0 Å². The zero-order chi connectivity index (χ0) is 10.4. The lowest BCUT2D eigenvalue weighted by atomic mass is 10.0. The van der Waals surface area contributed by atoms with E-state index in [1.807, 2.05) is 0 Å². The van der Waals surface area contributed by atoms with Crippen LogP contribution < -0.4 is 11.5 Å². The highest BCUT2D eigenvalue weighted by molar-refractivity contribution is 5.85. The molecule has 1 aromatic rings. The second-order valence-electron chi connectivity index (χ2n) is 3.81. The number of hydrogen-bond donors (Lipinski definition) is 2. The average molecular weight is 229 g/mol. The van der Waals surface area contributed by atoms with Crippen LogP contribution in [0.1, 0.15) is 36.4 Å². The van der Waals surface area contributed by atoms with E-state index in [2.05, 4.69) is 31.2 Å². The average Bonchev–Trinajstić information content (AvgIpc) is 2.18. The predicted molar refractivity (Wildman–Crippen MR) is 68.3 cm³/mol. The molecule has 3 heteroatoms. The van der Waals surface area contributed by atoms with Gasteiger partial charge in [-0.3, -0.25) is 0 Å². The minimum absolute atomic E-state index is 0. The van der Waals surface area contributed by atoms with Gasteiger partial charge >= 0.3 is 0 Å². The highest BCUT2D eigenvalue weighted by Gasteiger charge is 2.04. The molecule has 2 nitrogen and oxygen atoms in total. The third-order valence-electron chi connectivity index (χ3n) is 2.44. The number of unbranched alkanes of at least 4 members (excludes halogenated alkanes) is 1. The van der Waals surface area contributed by atoms with Gasteiger partial charge in [-0.25, -0.2) is 0 Å². The van der Waals surface area contributed by atoms with Crippen molar-refractivity contribution in [2.45, 2.75) is 32.2 Å². The SMILES string of the molecule is Cc1cccc([C@@H](N)CCCCN)c1.Cl. The molecule has 1 atom stereocenters. The van der Waals surface area contributed by atoms with Crippen LogP contribution in [0.25, 0.3) is 0 Å².